The van der Waals surface area contributed by atoms with Crippen LogP contribution in [0.25, 0.3) is 0 Å². The zero-order chi connectivity index (χ0) is 12.7. The van der Waals surface area contributed by atoms with Gasteiger partial charge in [-0.05, 0) is 18.6 Å². The second kappa shape index (κ2) is 6.48. The lowest BCUT2D eigenvalue weighted by Gasteiger charge is -2.14. The van der Waals surface area contributed by atoms with Gasteiger partial charge in [0, 0.05) is 6.20 Å². The summed E-state index contributed by atoms with van der Waals surface area (Å²) in [6.45, 7) is 2.01. The number of carboxylic acids is 1. The van der Waals surface area contributed by atoms with Crippen LogP contribution in [0, 0.1) is 11.3 Å². The molecule has 5 heteroatoms. The van der Waals surface area contributed by atoms with E-state index in [0.29, 0.717) is 17.8 Å². The van der Waals surface area contributed by atoms with Crippen molar-refractivity contribution in [2.45, 2.75) is 32.2 Å². The molecule has 1 atom stereocenters. The molecular formula is C12H15N3O2. The van der Waals surface area contributed by atoms with Crippen LogP contribution in [0.1, 0.15) is 31.7 Å². The van der Waals surface area contributed by atoms with E-state index in [9.17, 15) is 4.79 Å². The van der Waals surface area contributed by atoms with Crippen LogP contribution < -0.4 is 5.32 Å². The summed E-state index contributed by atoms with van der Waals surface area (Å²) < 4.78 is 0. The molecule has 0 aliphatic rings. The van der Waals surface area contributed by atoms with Crippen LogP contribution in [0.4, 0.5) is 5.82 Å². The number of carboxylic acid groups (broad SMARTS) is 1. The molecule has 1 heterocycles. The topological polar surface area (TPSA) is 86.0 Å². The first kappa shape index (κ1) is 13.0. The lowest BCUT2D eigenvalue weighted by molar-refractivity contribution is -0.138. The van der Waals surface area contributed by atoms with Crippen molar-refractivity contribution >= 4 is 11.8 Å². The zero-order valence-corrected chi connectivity index (χ0v) is 9.68. The van der Waals surface area contributed by atoms with Crippen LogP contribution in [-0.4, -0.2) is 22.1 Å². The molecule has 0 spiro atoms. The molecular weight excluding hydrogens is 218 g/mol. The summed E-state index contributed by atoms with van der Waals surface area (Å²) in [6.07, 6.45) is 3.78. The molecule has 17 heavy (non-hydrogen) atoms. The third-order valence-corrected chi connectivity index (χ3v) is 2.36. The van der Waals surface area contributed by atoms with Gasteiger partial charge in [-0.2, -0.15) is 5.26 Å². The van der Waals surface area contributed by atoms with Crippen molar-refractivity contribution in [2.75, 3.05) is 5.32 Å². The third-order valence-electron chi connectivity index (χ3n) is 2.36. The summed E-state index contributed by atoms with van der Waals surface area (Å²) >= 11 is 0. The second-order valence-corrected chi connectivity index (χ2v) is 3.72. The predicted molar refractivity (Wildman–Crippen MR) is 63.5 cm³/mol. The number of nitriles is 1. The van der Waals surface area contributed by atoms with Crippen molar-refractivity contribution in [3.63, 3.8) is 0 Å². The highest BCUT2D eigenvalue weighted by Gasteiger charge is 2.16. The van der Waals surface area contributed by atoms with Crippen molar-refractivity contribution < 1.29 is 9.90 Å². The van der Waals surface area contributed by atoms with Gasteiger partial charge in [0.25, 0.3) is 0 Å². The Labute approximate surface area is 100 Å². The van der Waals surface area contributed by atoms with E-state index in [1.54, 1.807) is 12.1 Å². The second-order valence-electron chi connectivity index (χ2n) is 3.72. The molecule has 2 N–H and O–H groups in total. The predicted octanol–water partition coefficient (Wildman–Crippen LogP) is 2.01. The lowest BCUT2D eigenvalue weighted by Crippen LogP contribution is -2.29. The highest BCUT2D eigenvalue weighted by atomic mass is 16.4. The van der Waals surface area contributed by atoms with Crippen LogP contribution in [-0.2, 0) is 4.79 Å². The number of unbranched alkanes of at least 4 members (excludes halogenated alkanes) is 1. The van der Waals surface area contributed by atoms with Gasteiger partial charge in [0.1, 0.15) is 17.9 Å². The molecule has 0 amide bonds. The van der Waals surface area contributed by atoms with E-state index in [1.165, 1.54) is 6.20 Å². The highest BCUT2D eigenvalue weighted by Crippen LogP contribution is 2.10. The zero-order valence-electron chi connectivity index (χ0n) is 9.68. The minimum atomic E-state index is -0.885. The van der Waals surface area contributed by atoms with Gasteiger partial charge >= 0.3 is 5.97 Å². The van der Waals surface area contributed by atoms with Gasteiger partial charge in [0.2, 0.25) is 0 Å². The summed E-state index contributed by atoms with van der Waals surface area (Å²) in [5.41, 5.74) is 0.455. The Morgan fingerprint density at radius 1 is 1.65 bits per heavy atom. The SMILES string of the molecule is CCCCC(Nc1ccc(C#N)cn1)C(=O)O. The lowest BCUT2D eigenvalue weighted by atomic mass is 10.1. The smallest absolute Gasteiger partial charge is 0.326 e. The number of rotatable bonds is 6. The van der Waals surface area contributed by atoms with Crippen LogP contribution >= 0.6 is 0 Å². The number of aromatic nitrogens is 1. The normalized spacial score (nSPS) is 11.5. The van der Waals surface area contributed by atoms with E-state index in [-0.39, 0.29) is 0 Å². The standard InChI is InChI=1S/C12H15N3O2/c1-2-3-4-10(12(16)17)15-11-6-5-9(7-13)8-14-11/h5-6,8,10H,2-4H2,1H3,(H,14,15)(H,16,17). The third kappa shape index (κ3) is 4.11. The highest BCUT2D eigenvalue weighted by molar-refractivity contribution is 5.76. The number of nitrogens with zero attached hydrogens (tertiary/aromatic N) is 2. The molecule has 0 saturated carbocycles. The Kier molecular flexibility index (Phi) is 4.95. The van der Waals surface area contributed by atoms with Gasteiger partial charge in [-0.15, -0.1) is 0 Å². The Morgan fingerprint density at radius 2 is 2.41 bits per heavy atom. The summed E-state index contributed by atoms with van der Waals surface area (Å²) in [5.74, 6) is -0.405. The van der Waals surface area contributed by atoms with Crippen molar-refractivity contribution in [2.24, 2.45) is 0 Å². The van der Waals surface area contributed by atoms with Gasteiger partial charge in [0.05, 0.1) is 5.56 Å². The maximum absolute atomic E-state index is 11.0. The Bertz CT molecular complexity index is 409. The van der Waals surface area contributed by atoms with Crippen LogP contribution in [0.15, 0.2) is 18.3 Å². The largest absolute Gasteiger partial charge is 0.480 e. The molecule has 1 aromatic heterocycles. The molecule has 0 saturated heterocycles. The Morgan fingerprint density at radius 3 is 2.88 bits per heavy atom. The molecule has 0 aromatic carbocycles. The maximum Gasteiger partial charge on any atom is 0.326 e. The van der Waals surface area contributed by atoms with E-state index < -0.39 is 12.0 Å². The maximum atomic E-state index is 11.0. The minimum Gasteiger partial charge on any atom is -0.480 e. The fourth-order valence-electron chi connectivity index (χ4n) is 1.39. The summed E-state index contributed by atoms with van der Waals surface area (Å²) in [7, 11) is 0. The average molecular weight is 233 g/mol. The van der Waals surface area contributed by atoms with Gasteiger partial charge in [-0.25, -0.2) is 9.78 Å². The molecule has 1 aromatic rings. The van der Waals surface area contributed by atoms with Crippen molar-refractivity contribution in [3.05, 3.63) is 23.9 Å². The van der Waals surface area contributed by atoms with Crippen molar-refractivity contribution in [1.82, 2.24) is 4.98 Å². The molecule has 1 unspecified atom stereocenters. The number of aliphatic carboxylic acids is 1. The van der Waals surface area contributed by atoms with Gasteiger partial charge < -0.3 is 10.4 Å². The quantitative estimate of drug-likeness (QED) is 0.784. The fourth-order valence-corrected chi connectivity index (χ4v) is 1.39. The minimum absolute atomic E-state index is 0.455. The summed E-state index contributed by atoms with van der Waals surface area (Å²) in [4.78, 5) is 15.0. The summed E-state index contributed by atoms with van der Waals surface area (Å²) in [6, 6.07) is 4.55. The molecule has 0 bridgehead atoms. The number of carbonyl (C=O) groups is 1. The van der Waals surface area contributed by atoms with Gasteiger partial charge in [0.15, 0.2) is 0 Å². The van der Waals surface area contributed by atoms with Gasteiger partial charge in [-0.3, -0.25) is 0 Å². The molecule has 5 nitrogen and oxygen atoms in total. The Hall–Kier alpha value is -2.09. The van der Waals surface area contributed by atoms with Crippen molar-refractivity contribution in [1.29, 1.82) is 5.26 Å². The number of nitrogens with one attached hydrogen (secondary N) is 1. The Balaban J connectivity index is 2.65. The molecule has 1 rings (SSSR count). The van der Waals surface area contributed by atoms with E-state index in [0.717, 1.165) is 12.8 Å². The van der Waals surface area contributed by atoms with Crippen LogP contribution in [0.2, 0.25) is 0 Å². The molecule has 0 aliphatic heterocycles. The monoisotopic (exact) mass is 233 g/mol. The van der Waals surface area contributed by atoms with Crippen LogP contribution in [0.3, 0.4) is 0 Å². The van der Waals surface area contributed by atoms with E-state index in [2.05, 4.69) is 10.3 Å². The molecule has 0 fully saturated rings. The fraction of sp³-hybridized carbons (Fsp3) is 0.417. The van der Waals surface area contributed by atoms with E-state index in [1.807, 2.05) is 13.0 Å². The first-order chi connectivity index (χ1) is 8.17. The van der Waals surface area contributed by atoms with Gasteiger partial charge in [-0.1, -0.05) is 19.8 Å². The summed E-state index contributed by atoms with van der Waals surface area (Å²) in [5, 5.41) is 20.5. The number of anilines is 1. The first-order valence-corrected chi connectivity index (χ1v) is 5.53. The van der Waals surface area contributed by atoms with Crippen LogP contribution in [0.5, 0.6) is 0 Å². The number of pyridine rings is 1. The van der Waals surface area contributed by atoms with E-state index >= 15 is 0 Å². The first-order valence-electron chi connectivity index (χ1n) is 5.53. The molecule has 90 valence electrons. The molecule has 0 radical (unpaired) electrons. The average Bonchev–Trinajstić information content (AvgIpc) is 2.35. The van der Waals surface area contributed by atoms with E-state index in [4.69, 9.17) is 10.4 Å². The number of hydrogen-bond donors (Lipinski definition) is 2. The molecule has 0 aliphatic carbocycles. The van der Waals surface area contributed by atoms with Crippen molar-refractivity contribution in [3.8, 4) is 6.07 Å². The number of hydrogen-bond acceptors (Lipinski definition) is 4.